The monoisotopic (exact) mass is 490 g/mol. The van der Waals surface area contributed by atoms with E-state index in [0.717, 1.165) is 14.5 Å². The quantitative estimate of drug-likeness (QED) is 0.275. The molecule has 0 bridgehead atoms. The van der Waals surface area contributed by atoms with Crippen molar-refractivity contribution in [2.24, 2.45) is 0 Å². The third-order valence-electron chi connectivity index (χ3n) is 5.57. The van der Waals surface area contributed by atoms with Gasteiger partial charge in [0.15, 0.2) is 0 Å². The van der Waals surface area contributed by atoms with Crippen LogP contribution in [0, 0.1) is 0 Å². The van der Waals surface area contributed by atoms with Crippen molar-refractivity contribution in [3.8, 4) is 16.9 Å². The Hall–Kier alpha value is -2.36. The van der Waals surface area contributed by atoms with Crippen molar-refractivity contribution in [1.82, 2.24) is 0 Å². The molecular formula is C25H16Br2O. The summed E-state index contributed by atoms with van der Waals surface area (Å²) in [5, 5.41) is 9.92. The van der Waals surface area contributed by atoms with Crippen LogP contribution in [0.4, 0.5) is 0 Å². The van der Waals surface area contributed by atoms with Crippen molar-refractivity contribution >= 4 is 31.9 Å². The van der Waals surface area contributed by atoms with Gasteiger partial charge in [-0.2, -0.15) is 0 Å². The Morgan fingerprint density at radius 3 is 1.61 bits per heavy atom. The largest absolute Gasteiger partial charge is 0.508 e. The smallest absolute Gasteiger partial charge is 0.115 e. The lowest BCUT2D eigenvalue weighted by Crippen LogP contribution is -2.28. The maximum Gasteiger partial charge on any atom is 0.115 e. The molecule has 0 aliphatic heterocycles. The Morgan fingerprint density at radius 2 is 1.07 bits per heavy atom. The van der Waals surface area contributed by atoms with Gasteiger partial charge in [0.2, 0.25) is 0 Å². The Kier molecular flexibility index (Phi) is 4.18. The minimum absolute atomic E-state index is 0.272. The summed E-state index contributed by atoms with van der Waals surface area (Å²) in [5.74, 6) is 0.272. The lowest BCUT2D eigenvalue weighted by molar-refractivity contribution is 0.475. The highest BCUT2D eigenvalue weighted by molar-refractivity contribution is 9.10. The summed E-state index contributed by atoms with van der Waals surface area (Å²) in [6.07, 6.45) is 0. The number of aromatic hydroxyl groups is 1. The van der Waals surface area contributed by atoms with Gasteiger partial charge in [0.05, 0.1) is 5.41 Å². The van der Waals surface area contributed by atoms with E-state index in [9.17, 15) is 5.11 Å². The molecule has 0 atom stereocenters. The molecule has 0 spiro atoms. The number of fused-ring (bicyclic) bond motifs is 3. The fraction of sp³-hybridized carbons (Fsp3) is 0.0400. The first kappa shape index (κ1) is 17.7. The van der Waals surface area contributed by atoms with Crippen LogP contribution in [0.2, 0.25) is 0 Å². The standard InChI is InChI=1S/C25H16Br2O/c26-18-8-12-21-22-13-9-19(27)15-24(22)25(23(21)14-18,16-4-2-1-3-5-16)17-6-10-20(28)11-7-17/h1-15,28H. The van der Waals surface area contributed by atoms with Crippen LogP contribution >= 0.6 is 31.9 Å². The van der Waals surface area contributed by atoms with Gasteiger partial charge in [0, 0.05) is 8.95 Å². The average Bonchev–Trinajstić information content (AvgIpc) is 2.99. The second kappa shape index (κ2) is 6.61. The summed E-state index contributed by atoms with van der Waals surface area (Å²) < 4.78 is 2.11. The van der Waals surface area contributed by atoms with E-state index in [-0.39, 0.29) is 5.75 Å². The zero-order valence-corrected chi connectivity index (χ0v) is 18.0. The third-order valence-corrected chi connectivity index (χ3v) is 6.56. The van der Waals surface area contributed by atoms with Crippen LogP contribution in [0.5, 0.6) is 5.75 Å². The zero-order chi connectivity index (χ0) is 19.3. The van der Waals surface area contributed by atoms with E-state index >= 15 is 0 Å². The summed E-state index contributed by atoms with van der Waals surface area (Å²) in [7, 11) is 0. The van der Waals surface area contributed by atoms with Crippen molar-refractivity contribution in [3.63, 3.8) is 0 Å². The predicted molar refractivity (Wildman–Crippen MR) is 121 cm³/mol. The van der Waals surface area contributed by atoms with Crippen LogP contribution in [0.25, 0.3) is 11.1 Å². The fourth-order valence-corrected chi connectivity index (χ4v) is 5.18. The molecule has 0 saturated carbocycles. The maximum absolute atomic E-state index is 9.92. The highest BCUT2D eigenvalue weighted by Crippen LogP contribution is 2.57. The summed E-state index contributed by atoms with van der Waals surface area (Å²) in [4.78, 5) is 0. The first-order chi connectivity index (χ1) is 13.6. The molecule has 0 amide bonds. The van der Waals surface area contributed by atoms with Crippen LogP contribution in [-0.4, -0.2) is 5.11 Å². The molecule has 0 radical (unpaired) electrons. The highest BCUT2D eigenvalue weighted by Gasteiger charge is 2.46. The summed E-state index contributed by atoms with van der Waals surface area (Å²) in [5.41, 5.74) is 6.85. The maximum atomic E-state index is 9.92. The molecule has 0 saturated heterocycles. The molecule has 1 N–H and O–H groups in total. The van der Waals surface area contributed by atoms with E-state index in [2.05, 4.69) is 92.5 Å². The number of halogens is 2. The Balaban J connectivity index is 1.98. The SMILES string of the molecule is Oc1ccc(C2(c3ccccc3)c3cc(Br)ccc3-c3ccc(Br)cc32)cc1. The lowest BCUT2D eigenvalue weighted by atomic mass is 9.68. The van der Waals surface area contributed by atoms with Gasteiger partial charge in [-0.25, -0.2) is 0 Å². The molecular weight excluding hydrogens is 476 g/mol. The second-order valence-electron chi connectivity index (χ2n) is 7.04. The first-order valence-corrected chi connectivity index (χ1v) is 10.6. The normalized spacial score (nSPS) is 13.8. The topological polar surface area (TPSA) is 20.2 Å². The molecule has 1 aliphatic carbocycles. The first-order valence-electron chi connectivity index (χ1n) is 9.06. The third kappa shape index (κ3) is 2.50. The molecule has 3 heteroatoms. The summed E-state index contributed by atoms with van der Waals surface area (Å²) in [6, 6.07) is 31.2. The van der Waals surface area contributed by atoms with Crippen LogP contribution in [0.3, 0.4) is 0 Å². The predicted octanol–water partition coefficient (Wildman–Crippen LogP) is 7.28. The number of phenols is 1. The number of hydrogen-bond donors (Lipinski definition) is 1. The van der Waals surface area contributed by atoms with Crippen molar-refractivity contribution in [2.75, 3.05) is 0 Å². The van der Waals surface area contributed by atoms with Gasteiger partial charge >= 0.3 is 0 Å². The molecule has 0 aromatic heterocycles. The molecule has 5 rings (SSSR count). The summed E-state index contributed by atoms with van der Waals surface area (Å²) in [6.45, 7) is 0. The molecule has 0 heterocycles. The molecule has 4 aromatic carbocycles. The number of benzene rings is 4. The molecule has 136 valence electrons. The lowest BCUT2D eigenvalue weighted by Gasteiger charge is -2.34. The van der Waals surface area contributed by atoms with E-state index in [1.807, 2.05) is 18.2 Å². The molecule has 1 nitrogen and oxygen atoms in total. The Bertz CT molecular complexity index is 1130. The average molecular weight is 492 g/mol. The van der Waals surface area contributed by atoms with Gasteiger partial charge < -0.3 is 5.11 Å². The van der Waals surface area contributed by atoms with Crippen LogP contribution in [0.1, 0.15) is 22.3 Å². The van der Waals surface area contributed by atoms with E-state index < -0.39 is 5.41 Å². The number of rotatable bonds is 2. The fourth-order valence-electron chi connectivity index (χ4n) is 4.46. The van der Waals surface area contributed by atoms with E-state index in [0.29, 0.717) is 0 Å². The van der Waals surface area contributed by atoms with E-state index in [1.165, 1.54) is 27.8 Å². The molecule has 28 heavy (non-hydrogen) atoms. The van der Waals surface area contributed by atoms with Crippen molar-refractivity contribution in [2.45, 2.75) is 5.41 Å². The van der Waals surface area contributed by atoms with Gasteiger partial charge in [-0.15, -0.1) is 0 Å². The van der Waals surface area contributed by atoms with Gasteiger partial charge in [0.1, 0.15) is 5.75 Å². The minimum atomic E-state index is -0.451. The Morgan fingerprint density at radius 1 is 0.571 bits per heavy atom. The van der Waals surface area contributed by atoms with E-state index in [1.54, 1.807) is 12.1 Å². The molecule has 1 aliphatic rings. The number of phenolic OH excluding ortho intramolecular Hbond substituents is 1. The van der Waals surface area contributed by atoms with Gasteiger partial charge in [0.25, 0.3) is 0 Å². The molecule has 0 fully saturated rings. The van der Waals surface area contributed by atoms with Crippen LogP contribution in [0.15, 0.2) is 99.9 Å². The van der Waals surface area contributed by atoms with E-state index in [4.69, 9.17) is 0 Å². The molecule has 4 aromatic rings. The van der Waals surface area contributed by atoms with Crippen molar-refractivity contribution in [3.05, 3.63) is 122 Å². The Labute approximate surface area is 180 Å². The number of hydrogen-bond acceptors (Lipinski definition) is 1. The second-order valence-corrected chi connectivity index (χ2v) is 8.87. The van der Waals surface area contributed by atoms with Gasteiger partial charge in [-0.3, -0.25) is 0 Å². The van der Waals surface area contributed by atoms with Gasteiger partial charge in [-0.1, -0.05) is 86.5 Å². The zero-order valence-electron chi connectivity index (χ0n) is 14.9. The minimum Gasteiger partial charge on any atom is -0.508 e. The molecule has 0 unspecified atom stereocenters. The van der Waals surface area contributed by atoms with Crippen molar-refractivity contribution in [1.29, 1.82) is 0 Å². The van der Waals surface area contributed by atoms with Crippen LogP contribution in [-0.2, 0) is 5.41 Å². The van der Waals surface area contributed by atoms with Crippen LogP contribution < -0.4 is 0 Å². The van der Waals surface area contributed by atoms with Gasteiger partial charge in [-0.05, 0) is 69.8 Å². The van der Waals surface area contributed by atoms with Crippen molar-refractivity contribution < 1.29 is 5.11 Å². The highest BCUT2D eigenvalue weighted by atomic mass is 79.9. The summed E-state index contributed by atoms with van der Waals surface area (Å²) >= 11 is 7.37.